The van der Waals surface area contributed by atoms with Gasteiger partial charge in [-0.05, 0) is 24.3 Å². The first-order valence-electron chi connectivity index (χ1n) is 5.02. The Morgan fingerprint density at radius 3 is 2.59 bits per heavy atom. The number of Topliss-reactive ketones (excluding diaryl/α,β-unsaturated/α-hetero) is 2. The largest absolute Gasteiger partial charge is 0.461 e. The maximum atomic E-state index is 11.8. The molecule has 1 aromatic carbocycles. The molecule has 0 aliphatic rings. The molecule has 0 aliphatic heterocycles. The minimum Gasteiger partial charge on any atom is -0.461 e. The maximum Gasteiger partial charge on any atom is 0.205 e. The highest BCUT2D eigenvalue weighted by molar-refractivity contribution is 9.10. The highest BCUT2D eigenvalue weighted by atomic mass is 79.9. The van der Waals surface area contributed by atoms with Crippen LogP contribution >= 0.6 is 15.9 Å². The van der Waals surface area contributed by atoms with Crippen molar-refractivity contribution < 1.29 is 14.0 Å². The van der Waals surface area contributed by atoms with Crippen molar-refractivity contribution in [3.63, 3.8) is 0 Å². The SMILES string of the molecule is O=C(CC(=O)c1ccco1)c1cccc(Br)c1. The Morgan fingerprint density at radius 2 is 1.94 bits per heavy atom. The Morgan fingerprint density at radius 1 is 1.12 bits per heavy atom. The second-order valence-electron chi connectivity index (χ2n) is 3.51. The van der Waals surface area contributed by atoms with Crippen LogP contribution in [-0.4, -0.2) is 11.6 Å². The summed E-state index contributed by atoms with van der Waals surface area (Å²) in [4.78, 5) is 23.5. The first kappa shape index (κ1) is 11.8. The number of carbonyl (C=O) groups is 2. The molecule has 0 atom stereocenters. The molecule has 3 nitrogen and oxygen atoms in total. The van der Waals surface area contributed by atoms with E-state index in [2.05, 4.69) is 15.9 Å². The molecule has 1 heterocycles. The number of furan rings is 1. The highest BCUT2D eigenvalue weighted by Crippen LogP contribution is 2.14. The van der Waals surface area contributed by atoms with Crippen molar-refractivity contribution in [2.45, 2.75) is 6.42 Å². The minimum absolute atomic E-state index is 0.177. The molecule has 0 unspecified atom stereocenters. The van der Waals surface area contributed by atoms with E-state index in [0.29, 0.717) is 5.56 Å². The standard InChI is InChI=1S/C13H9BrO3/c14-10-4-1-3-9(7-10)11(15)8-12(16)13-5-2-6-17-13/h1-7H,8H2. The number of ketones is 2. The third-order valence-electron chi connectivity index (χ3n) is 2.26. The molecule has 0 amide bonds. The van der Waals surface area contributed by atoms with Gasteiger partial charge in [0.1, 0.15) is 0 Å². The van der Waals surface area contributed by atoms with Crippen LogP contribution in [-0.2, 0) is 0 Å². The van der Waals surface area contributed by atoms with Crippen LogP contribution in [0, 0.1) is 0 Å². The van der Waals surface area contributed by atoms with Gasteiger partial charge in [-0.2, -0.15) is 0 Å². The Labute approximate surface area is 107 Å². The molecule has 0 aliphatic carbocycles. The van der Waals surface area contributed by atoms with E-state index in [-0.39, 0.29) is 23.7 Å². The number of rotatable bonds is 4. The predicted octanol–water partition coefficient (Wildman–Crippen LogP) is 3.50. The summed E-state index contributed by atoms with van der Waals surface area (Å²) < 4.78 is 5.76. The quantitative estimate of drug-likeness (QED) is 0.640. The van der Waals surface area contributed by atoms with Crippen LogP contribution in [0.2, 0.25) is 0 Å². The summed E-state index contributed by atoms with van der Waals surface area (Å²) in [6.07, 6.45) is 1.24. The van der Waals surface area contributed by atoms with E-state index in [9.17, 15) is 9.59 Å². The molecule has 0 radical (unpaired) electrons. The molecule has 2 rings (SSSR count). The van der Waals surface area contributed by atoms with E-state index >= 15 is 0 Å². The Hall–Kier alpha value is -1.68. The van der Waals surface area contributed by atoms with Crippen molar-refractivity contribution in [1.29, 1.82) is 0 Å². The zero-order valence-electron chi connectivity index (χ0n) is 8.85. The molecular weight excluding hydrogens is 284 g/mol. The van der Waals surface area contributed by atoms with Gasteiger partial charge in [0, 0.05) is 10.0 Å². The van der Waals surface area contributed by atoms with Crippen molar-refractivity contribution in [3.05, 3.63) is 58.5 Å². The van der Waals surface area contributed by atoms with Gasteiger partial charge in [-0.3, -0.25) is 9.59 Å². The third kappa shape index (κ3) is 2.91. The fourth-order valence-corrected chi connectivity index (χ4v) is 1.83. The number of hydrogen-bond acceptors (Lipinski definition) is 3. The van der Waals surface area contributed by atoms with E-state index in [0.717, 1.165) is 4.47 Å². The lowest BCUT2D eigenvalue weighted by molar-refractivity contribution is 0.0878. The Bertz CT molecular complexity index is 544. The van der Waals surface area contributed by atoms with Gasteiger partial charge in [0.05, 0.1) is 12.7 Å². The summed E-state index contributed by atoms with van der Waals surface area (Å²) in [6.45, 7) is 0. The second-order valence-corrected chi connectivity index (χ2v) is 4.43. The molecule has 0 saturated heterocycles. The number of carbonyl (C=O) groups excluding carboxylic acids is 2. The van der Waals surface area contributed by atoms with Crippen LogP contribution < -0.4 is 0 Å². The van der Waals surface area contributed by atoms with Crippen LogP contribution in [0.25, 0.3) is 0 Å². The van der Waals surface area contributed by atoms with Gasteiger partial charge in [-0.25, -0.2) is 0 Å². The van der Waals surface area contributed by atoms with Gasteiger partial charge in [0.25, 0.3) is 0 Å². The summed E-state index contributed by atoms with van der Waals surface area (Å²) in [5, 5.41) is 0. The maximum absolute atomic E-state index is 11.8. The Kier molecular flexibility index (Phi) is 3.54. The molecule has 0 bridgehead atoms. The topological polar surface area (TPSA) is 47.3 Å². The third-order valence-corrected chi connectivity index (χ3v) is 2.76. The summed E-state index contributed by atoms with van der Waals surface area (Å²) in [6, 6.07) is 10.1. The van der Waals surface area contributed by atoms with Gasteiger partial charge >= 0.3 is 0 Å². The van der Waals surface area contributed by atoms with Crippen LogP contribution in [0.15, 0.2) is 51.6 Å². The first-order valence-corrected chi connectivity index (χ1v) is 5.81. The second kappa shape index (κ2) is 5.10. The lowest BCUT2D eigenvalue weighted by Crippen LogP contribution is -2.07. The molecule has 0 fully saturated rings. The van der Waals surface area contributed by atoms with Crippen LogP contribution in [0.3, 0.4) is 0 Å². The van der Waals surface area contributed by atoms with E-state index in [1.165, 1.54) is 6.26 Å². The number of benzene rings is 1. The normalized spacial score (nSPS) is 10.2. The van der Waals surface area contributed by atoms with E-state index in [4.69, 9.17) is 4.42 Å². The van der Waals surface area contributed by atoms with Crippen LogP contribution in [0.1, 0.15) is 27.3 Å². The van der Waals surface area contributed by atoms with Crippen LogP contribution in [0.4, 0.5) is 0 Å². The average Bonchev–Trinajstić information content (AvgIpc) is 2.82. The molecule has 86 valence electrons. The molecule has 0 N–H and O–H groups in total. The summed E-state index contributed by atoms with van der Waals surface area (Å²) in [5.74, 6) is -0.305. The lowest BCUT2D eigenvalue weighted by atomic mass is 10.1. The molecule has 0 spiro atoms. The molecule has 2 aromatic rings. The lowest BCUT2D eigenvalue weighted by Gasteiger charge is -1.99. The van der Waals surface area contributed by atoms with E-state index in [1.54, 1.807) is 30.3 Å². The summed E-state index contributed by atoms with van der Waals surface area (Å²) >= 11 is 3.28. The molecule has 0 saturated carbocycles. The summed E-state index contributed by atoms with van der Waals surface area (Å²) in [5.41, 5.74) is 0.513. The molecule has 1 aromatic heterocycles. The van der Waals surface area contributed by atoms with Crippen molar-refractivity contribution in [2.24, 2.45) is 0 Å². The monoisotopic (exact) mass is 292 g/mol. The molecule has 17 heavy (non-hydrogen) atoms. The zero-order chi connectivity index (χ0) is 12.3. The van der Waals surface area contributed by atoms with E-state index in [1.807, 2.05) is 6.07 Å². The van der Waals surface area contributed by atoms with Gasteiger partial charge in [-0.1, -0.05) is 28.1 Å². The van der Waals surface area contributed by atoms with Gasteiger partial charge in [0.2, 0.25) is 5.78 Å². The highest BCUT2D eigenvalue weighted by Gasteiger charge is 2.15. The predicted molar refractivity (Wildman–Crippen MR) is 66.1 cm³/mol. The summed E-state index contributed by atoms with van der Waals surface area (Å²) in [7, 11) is 0. The van der Waals surface area contributed by atoms with Crippen LogP contribution in [0.5, 0.6) is 0 Å². The van der Waals surface area contributed by atoms with Crippen molar-refractivity contribution >= 4 is 27.5 Å². The first-order chi connectivity index (χ1) is 8.16. The van der Waals surface area contributed by atoms with Crippen molar-refractivity contribution in [1.82, 2.24) is 0 Å². The molecule has 4 heteroatoms. The zero-order valence-corrected chi connectivity index (χ0v) is 10.4. The van der Waals surface area contributed by atoms with Crippen molar-refractivity contribution in [2.75, 3.05) is 0 Å². The van der Waals surface area contributed by atoms with Gasteiger partial charge < -0.3 is 4.42 Å². The van der Waals surface area contributed by atoms with Gasteiger partial charge in [0.15, 0.2) is 11.5 Å². The minimum atomic E-state index is -0.306. The fraction of sp³-hybridized carbons (Fsp3) is 0.0769. The smallest absolute Gasteiger partial charge is 0.205 e. The Balaban J connectivity index is 2.10. The molecular formula is C13H9BrO3. The number of halogens is 1. The fourth-order valence-electron chi connectivity index (χ4n) is 1.43. The average molecular weight is 293 g/mol. The van der Waals surface area contributed by atoms with Crippen molar-refractivity contribution in [3.8, 4) is 0 Å². The van der Waals surface area contributed by atoms with E-state index < -0.39 is 0 Å². The number of hydrogen-bond donors (Lipinski definition) is 0. The van der Waals surface area contributed by atoms with Gasteiger partial charge in [-0.15, -0.1) is 0 Å².